The molecule has 1 aliphatic heterocycles. The molecule has 1 rings (SSSR count). The molecule has 0 aromatic rings. The zero-order valence-electron chi connectivity index (χ0n) is 11.2. The Bertz CT molecular complexity index is 180. The van der Waals surface area contributed by atoms with Crippen LogP contribution in [0.1, 0.15) is 40.0 Å². The topological polar surface area (TPSA) is 35.5 Å². The molecule has 0 radical (unpaired) electrons. The number of nitrogens with one attached hydrogen (secondary N) is 1. The van der Waals surface area contributed by atoms with Gasteiger partial charge < -0.3 is 10.4 Å². The maximum atomic E-state index is 10.0. The third kappa shape index (κ3) is 3.44. The van der Waals surface area contributed by atoms with Crippen LogP contribution in [0.25, 0.3) is 0 Å². The van der Waals surface area contributed by atoms with Crippen LogP contribution in [0.4, 0.5) is 0 Å². The Balaban J connectivity index is 2.60. The lowest BCUT2D eigenvalue weighted by molar-refractivity contribution is 0.0225. The Kier molecular flexibility index (Phi) is 5.73. The van der Waals surface area contributed by atoms with Gasteiger partial charge in [-0.3, -0.25) is 4.90 Å². The van der Waals surface area contributed by atoms with Crippen LogP contribution in [0.5, 0.6) is 0 Å². The summed E-state index contributed by atoms with van der Waals surface area (Å²) in [5.74, 6) is 0.435. The number of aliphatic hydroxyl groups excluding tert-OH is 1. The minimum absolute atomic E-state index is 0.136. The van der Waals surface area contributed by atoms with Crippen molar-refractivity contribution in [3.05, 3.63) is 0 Å². The fourth-order valence-electron chi connectivity index (χ4n) is 2.61. The molecule has 0 spiro atoms. The van der Waals surface area contributed by atoms with E-state index in [1.165, 1.54) is 6.42 Å². The molecule has 0 amide bonds. The minimum Gasteiger partial charge on any atom is -0.393 e. The highest BCUT2D eigenvalue weighted by Crippen LogP contribution is 2.23. The van der Waals surface area contributed by atoms with E-state index in [1.807, 2.05) is 7.05 Å². The van der Waals surface area contributed by atoms with Crippen molar-refractivity contribution in [3.8, 4) is 0 Å². The molecular formula is C13H28N2O. The van der Waals surface area contributed by atoms with Crippen molar-refractivity contribution in [1.29, 1.82) is 0 Å². The van der Waals surface area contributed by atoms with E-state index < -0.39 is 0 Å². The lowest BCUT2D eigenvalue weighted by Crippen LogP contribution is -2.53. The molecule has 0 aliphatic carbocycles. The van der Waals surface area contributed by atoms with Gasteiger partial charge in [-0.15, -0.1) is 0 Å². The summed E-state index contributed by atoms with van der Waals surface area (Å²) >= 11 is 0. The van der Waals surface area contributed by atoms with Crippen LogP contribution in [-0.4, -0.2) is 48.3 Å². The normalized spacial score (nSPS) is 31.3. The summed E-state index contributed by atoms with van der Waals surface area (Å²) in [4.78, 5) is 2.52. The maximum absolute atomic E-state index is 10.0. The molecule has 1 aliphatic rings. The fourth-order valence-corrected chi connectivity index (χ4v) is 2.61. The molecule has 1 heterocycles. The van der Waals surface area contributed by atoms with Gasteiger partial charge in [-0.25, -0.2) is 0 Å². The summed E-state index contributed by atoms with van der Waals surface area (Å²) in [5, 5.41) is 13.4. The Morgan fingerprint density at radius 1 is 1.31 bits per heavy atom. The summed E-state index contributed by atoms with van der Waals surface area (Å²) in [6.07, 6.45) is 3.03. The first kappa shape index (κ1) is 13.9. The van der Waals surface area contributed by atoms with E-state index in [4.69, 9.17) is 0 Å². The zero-order chi connectivity index (χ0) is 12.1. The van der Waals surface area contributed by atoms with Crippen molar-refractivity contribution in [1.82, 2.24) is 10.2 Å². The van der Waals surface area contributed by atoms with Crippen LogP contribution in [0.2, 0.25) is 0 Å². The summed E-state index contributed by atoms with van der Waals surface area (Å²) in [6, 6.07) is 1.16. The maximum Gasteiger partial charge on any atom is 0.0578 e. The molecule has 0 saturated carbocycles. The SMILES string of the molecule is CCC(O)C1CC(NC)CN(C(C)CC)C1. The molecule has 1 fully saturated rings. The van der Waals surface area contributed by atoms with Gasteiger partial charge in [0.15, 0.2) is 0 Å². The van der Waals surface area contributed by atoms with Gasteiger partial charge in [0.2, 0.25) is 0 Å². The molecule has 0 aromatic carbocycles. The Morgan fingerprint density at radius 3 is 2.50 bits per heavy atom. The Labute approximate surface area is 100 Å². The number of hydrogen-bond acceptors (Lipinski definition) is 3. The predicted molar refractivity (Wildman–Crippen MR) is 68.6 cm³/mol. The summed E-state index contributed by atoms with van der Waals surface area (Å²) < 4.78 is 0. The first-order valence-corrected chi connectivity index (χ1v) is 6.71. The molecule has 4 unspecified atom stereocenters. The average molecular weight is 228 g/mol. The van der Waals surface area contributed by atoms with Gasteiger partial charge in [-0.2, -0.15) is 0 Å². The van der Waals surface area contributed by atoms with E-state index in [0.29, 0.717) is 18.0 Å². The molecule has 1 saturated heterocycles. The van der Waals surface area contributed by atoms with E-state index in [2.05, 4.69) is 31.0 Å². The van der Waals surface area contributed by atoms with E-state index in [1.54, 1.807) is 0 Å². The smallest absolute Gasteiger partial charge is 0.0578 e. The lowest BCUT2D eigenvalue weighted by Gasteiger charge is -2.42. The number of likely N-dealkylation sites (tertiary alicyclic amines) is 1. The van der Waals surface area contributed by atoms with Crippen molar-refractivity contribution in [2.45, 2.75) is 58.2 Å². The Morgan fingerprint density at radius 2 is 2.00 bits per heavy atom. The van der Waals surface area contributed by atoms with Crippen molar-refractivity contribution in [2.24, 2.45) is 5.92 Å². The van der Waals surface area contributed by atoms with E-state index >= 15 is 0 Å². The highest BCUT2D eigenvalue weighted by atomic mass is 16.3. The first-order valence-electron chi connectivity index (χ1n) is 6.71. The average Bonchev–Trinajstić information content (AvgIpc) is 2.35. The van der Waals surface area contributed by atoms with Crippen LogP contribution in [0, 0.1) is 5.92 Å². The van der Waals surface area contributed by atoms with Crippen molar-refractivity contribution in [2.75, 3.05) is 20.1 Å². The number of rotatable bonds is 5. The first-order chi connectivity index (χ1) is 7.62. The third-order valence-corrected chi connectivity index (χ3v) is 4.10. The molecule has 0 aromatic heterocycles. The van der Waals surface area contributed by atoms with Gasteiger partial charge in [0.1, 0.15) is 0 Å². The van der Waals surface area contributed by atoms with Gasteiger partial charge in [-0.1, -0.05) is 13.8 Å². The predicted octanol–water partition coefficient (Wildman–Crippen LogP) is 1.47. The van der Waals surface area contributed by atoms with Crippen molar-refractivity contribution >= 4 is 0 Å². The van der Waals surface area contributed by atoms with Crippen LogP contribution in [-0.2, 0) is 0 Å². The molecular weight excluding hydrogens is 200 g/mol. The molecule has 0 bridgehead atoms. The Hall–Kier alpha value is -0.120. The highest BCUT2D eigenvalue weighted by Gasteiger charge is 2.31. The van der Waals surface area contributed by atoms with E-state index in [9.17, 15) is 5.11 Å². The van der Waals surface area contributed by atoms with E-state index in [0.717, 1.165) is 25.9 Å². The molecule has 3 heteroatoms. The monoisotopic (exact) mass is 228 g/mol. The number of aliphatic hydroxyl groups is 1. The number of piperidine rings is 1. The second-order valence-corrected chi connectivity index (χ2v) is 5.17. The van der Waals surface area contributed by atoms with Crippen LogP contribution < -0.4 is 5.32 Å². The summed E-state index contributed by atoms with van der Waals surface area (Å²) in [5.41, 5.74) is 0. The second kappa shape index (κ2) is 6.58. The molecule has 4 atom stereocenters. The molecule has 96 valence electrons. The fraction of sp³-hybridized carbons (Fsp3) is 1.00. The van der Waals surface area contributed by atoms with Crippen LogP contribution in [0.15, 0.2) is 0 Å². The highest BCUT2D eigenvalue weighted by molar-refractivity contribution is 4.87. The van der Waals surface area contributed by atoms with Crippen molar-refractivity contribution in [3.63, 3.8) is 0 Å². The van der Waals surface area contributed by atoms with Gasteiger partial charge in [0.05, 0.1) is 6.10 Å². The number of hydrogen-bond donors (Lipinski definition) is 2. The number of likely N-dealkylation sites (N-methyl/N-ethyl adjacent to an activating group) is 1. The molecule has 2 N–H and O–H groups in total. The number of nitrogens with zero attached hydrogens (tertiary/aromatic N) is 1. The lowest BCUT2D eigenvalue weighted by atomic mass is 9.87. The van der Waals surface area contributed by atoms with E-state index in [-0.39, 0.29) is 6.10 Å². The largest absolute Gasteiger partial charge is 0.393 e. The van der Waals surface area contributed by atoms with Crippen molar-refractivity contribution < 1.29 is 5.11 Å². The second-order valence-electron chi connectivity index (χ2n) is 5.17. The molecule has 3 nitrogen and oxygen atoms in total. The van der Waals surface area contributed by atoms with Gasteiger partial charge in [-0.05, 0) is 39.2 Å². The quantitative estimate of drug-likeness (QED) is 0.748. The standard InChI is InChI=1S/C13H28N2O/c1-5-10(3)15-8-11(13(16)6-2)7-12(9-15)14-4/h10-14,16H,5-9H2,1-4H3. The van der Waals surface area contributed by atoms with Gasteiger partial charge in [0.25, 0.3) is 0 Å². The zero-order valence-corrected chi connectivity index (χ0v) is 11.2. The van der Waals surface area contributed by atoms with Crippen LogP contribution >= 0.6 is 0 Å². The van der Waals surface area contributed by atoms with Crippen LogP contribution in [0.3, 0.4) is 0 Å². The third-order valence-electron chi connectivity index (χ3n) is 4.10. The summed E-state index contributed by atoms with van der Waals surface area (Å²) in [7, 11) is 2.03. The molecule has 16 heavy (non-hydrogen) atoms. The van der Waals surface area contributed by atoms with Gasteiger partial charge >= 0.3 is 0 Å². The summed E-state index contributed by atoms with van der Waals surface area (Å²) in [6.45, 7) is 8.77. The van der Waals surface area contributed by atoms with Gasteiger partial charge in [0, 0.05) is 25.2 Å². The minimum atomic E-state index is -0.136.